The predicted octanol–water partition coefficient (Wildman–Crippen LogP) is 2.86. The largest absolute Gasteiger partial charge is 0.393 e. The van der Waals surface area contributed by atoms with Crippen LogP contribution >= 0.6 is 0 Å². The Hall–Kier alpha value is -1.32. The number of nitrogens with zero attached hydrogens (tertiary/aromatic N) is 1. The van der Waals surface area contributed by atoms with Gasteiger partial charge in [-0.05, 0) is 43.7 Å². The van der Waals surface area contributed by atoms with Gasteiger partial charge in [0.1, 0.15) is 0 Å². The average molecular weight is 270 g/mol. The van der Waals surface area contributed by atoms with Crippen LogP contribution in [0.3, 0.4) is 0 Å². The minimum Gasteiger partial charge on any atom is -0.393 e. The van der Waals surface area contributed by atoms with Gasteiger partial charge in [-0.3, -0.25) is 4.90 Å². The SMILES string of the molecule is C[C@H](O)[C@@H]1CC[C@H]2c3[nH]c4ccccc4c3CCN2C1. The maximum atomic E-state index is 9.84. The van der Waals surface area contributed by atoms with Crippen molar-refractivity contribution < 1.29 is 5.11 Å². The quantitative estimate of drug-likeness (QED) is 0.836. The molecule has 0 unspecified atom stereocenters. The Labute approximate surface area is 119 Å². The summed E-state index contributed by atoms with van der Waals surface area (Å²) in [7, 11) is 0. The summed E-state index contributed by atoms with van der Waals surface area (Å²) >= 11 is 0. The van der Waals surface area contributed by atoms with Crippen LogP contribution in [0.5, 0.6) is 0 Å². The van der Waals surface area contributed by atoms with Gasteiger partial charge in [0, 0.05) is 29.7 Å². The van der Waals surface area contributed by atoms with Gasteiger partial charge in [-0.25, -0.2) is 0 Å². The molecule has 2 aliphatic heterocycles. The van der Waals surface area contributed by atoms with Crippen LogP contribution in [-0.2, 0) is 6.42 Å². The Bertz CT molecular complexity index is 631. The number of aliphatic hydroxyl groups is 1. The molecule has 2 N–H and O–H groups in total. The summed E-state index contributed by atoms with van der Waals surface area (Å²) < 4.78 is 0. The van der Waals surface area contributed by atoms with Crippen LogP contribution in [0.2, 0.25) is 0 Å². The number of hydrogen-bond donors (Lipinski definition) is 2. The molecule has 2 aliphatic rings. The molecule has 3 nitrogen and oxygen atoms in total. The molecule has 3 heteroatoms. The minimum atomic E-state index is -0.180. The lowest BCUT2D eigenvalue weighted by atomic mass is 9.84. The van der Waals surface area contributed by atoms with Gasteiger partial charge < -0.3 is 10.1 Å². The van der Waals surface area contributed by atoms with Crippen molar-refractivity contribution in [2.75, 3.05) is 13.1 Å². The second kappa shape index (κ2) is 4.61. The summed E-state index contributed by atoms with van der Waals surface area (Å²) in [5.74, 6) is 0.442. The Kier molecular flexibility index (Phi) is 2.86. The third-order valence-corrected chi connectivity index (χ3v) is 5.23. The first-order chi connectivity index (χ1) is 9.74. The molecule has 106 valence electrons. The molecule has 2 aromatic rings. The lowest BCUT2D eigenvalue weighted by Crippen LogP contribution is -2.44. The smallest absolute Gasteiger partial charge is 0.0552 e. The number of piperidine rings is 1. The third-order valence-electron chi connectivity index (χ3n) is 5.23. The summed E-state index contributed by atoms with van der Waals surface area (Å²) in [6, 6.07) is 9.18. The van der Waals surface area contributed by atoms with Crippen molar-refractivity contribution in [1.29, 1.82) is 0 Å². The van der Waals surface area contributed by atoms with Gasteiger partial charge in [-0.15, -0.1) is 0 Å². The fraction of sp³-hybridized carbons (Fsp3) is 0.529. The molecule has 0 saturated carbocycles. The zero-order valence-corrected chi connectivity index (χ0v) is 12.0. The summed E-state index contributed by atoms with van der Waals surface area (Å²) in [4.78, 5) is 6.22. The molecule has 3 atom stereocenters. The number of aromatic nitrogens is 1. The number of H-pyrrole nitrogens is 1. The number of rotatable bonds is 1. The zero-order valence-electron chi connectivity index (χ0n) is 12.0. The number of hydrogen-bond acceptors (Lipinski definition) is 2. The number of benzene rings is 1. The van der Waals surface area contributed by atoms with Crippen molar-refractivity contribution >= 4 is 10.9 Å². The summed E-state index contributed by atoms with van der Waals surface area (Å²) in [5, 5.41) is 11.2. The molecule has 0 amide bonds. The predicted molar refractivity (Wildman–Crippen MR) is 80.7 cm³/mol. The van der Waals surface area contributed by atoms with Crippen LogP contribution in [0, 0.1) is 5.92 Å². The second-order valence-electron chi connectivity index (χ2n) is 6.40. The molecule has 1 aromatic heterocycles. The lowest BCUT2D eigenvalue weighted by Gasteiger charge is -2.43. The molecule has 0 bridgehead atoms. The van der Waals surface area contributed by atoms with Gasteiger partial charge in [0.25, 0.3) is 0 Å². The van der Waals surface area contributed by atoms with E-state index in [-0.39, 0.29) is 6.10 Å². The molecular weight excluding hydrogens is 248 g/mol. The van der Waals surface area contributed by atoms with Gasteiger partial charge >= 0.3 is 0 Å². The van der Waals surface area contributed by atoms with Crippen molar-refractivity contribution in [2.24, 2.45) is 5.92 Å². The van der Waals surface area contributed by atoms with Gasteiger partial charge in [-0.2, -0.15) is 0 Å². The average Bonchev–Trinajstić information content (AvgIpc) is 2.85. The maximum Gasteiger partial charge on any atom is 0.0552 e. The summed E-state index contributed by atoms with van der Waals surface area (Å²) in [6.07, 6.45) is 3.24. The molecule has 0 radical (unpaired) electrons. The van der Waals surface area contributed by atoms with E-state index in [0.717, 1.165) is 32.4 Å². The minimum absolute atomic E-state index is 0.180. The second-order valence-corrected chi connectivity index (χ2v) is 6.40. The molecule has 1 saturated heterocycles. The van der Waals surface area contributed by atoms with E-state index in [1.54, 1.807) is 0 Å². The number of para-hydroxylation sites is 1. The van der Waals surface area contributed by atoms with E-state index in [0.29, 0.717) is 12.0 Å². The number of fused-ring (bicyclic) bond motifs is 5. The van der Waals surface area contributed by atoms with Crippen LogP contribution in [-0.4, -0.2) is 34.2 Å². The van der Waals surface area contributed by atoms with E-state index >= 15 is 0 Å². The van der Waals surface area contributed by atoms with Crippen molar-refractivity contribution in [2.45, 2.75) is 38.3 Å². The number of nitrogens with one attached hydrogen (secondary N) is 1. The molecule has 3 heterocycles. The van der Waals surface area contributed by atoms with Crippen molar-refractivity contribution in [3.05, 3.63) is 35.5 Å². The Balaban J connectivity index is 1.71. The highest BCUT2D eigenvalue weighted by molar-refractivity contribution is 5.85. The zero-order chi connectivity index (χ0) is 13.7. The summed E-state index contributed by atoms with van der Waals surface area (Å²) in [6.45, 7) is 4.10. The van der Waals surface area contributed by atoms with E-state index in [1.807, 2.05) is 6.92 Å². The van der Waals surface area contributed by atoms with Crippen LogP contribution in [0.15, 0.2) is 24.3 Å². The molecule has 0 aliphatic carbocycles. The maximum absolute atomic E-state index is 9.84. The van der Waals surface area contributed by atoms with E-state index in [1.165, 1.54) is 22.2 Å². The highest BCUT2D eigenvalue weighted by Crippen LogP contribution is 2.41. The standard InChI is InChI=1S/C17H22N2O/c1-11(20)12-6-7-16-17-14(8-9-19(16)10-12)13-4-2-3-5-15(13)18-17/h2-5,11-12,16,18,20H,6-10H2,1H3/t11-,12+,16-/m0/s1. The van der Waals surface area contributed by atoms with Gasteiger partial charge in [0.15, 0.2) is 0 Å². The molecule has 20 heavy (non-hydrogen) atoms. The van der Waals surface area contributed by atoms with Gasteiger partial charge in [-0.1, -0.05) is 18.2 Å². The topological polar surface area (TPSA) is 39.3 Å². The van der Waals surface area contributed by atoms with Crippen molar-refractivity contribution in [3.8, 4) is 0 Å². The first-order valence-electron chi connectivity index (χ1n) is 7.75. The third kappa shape index (κ3) is 1.80. The monoisotopic (exact) mass is 270 g/mol. The Morgan fingerprint density at radius 2 is 2.15 bits per heavy atom. The van der Waals surface area contributed by atoms with Crippen LogP contribution in [0.4, 0.5) is 0 Å². The van der Waals surface area contributed by atoms with Gasteiger partial charge in [0.05, 0.1) is 12.1 Å². The first-order valence-corrected chi connectivity index (χ1v) is 7.75. The number of aliphatic hydroxyl groups excluding tert-OH is 1. The Morgan fingerprint density at radius 1 is 1.30 bits per heavy atom. The van der Waals surface area contributed by atoms with Crippen LogP contribution in [0.25, 0.3) is 10.9 Å². The van der Waals surface area contributed by atoms with E-state index in [2.05, 4.69) is 34.1 Å². The summed E-state index contributed by atoms with van der Waals surface area (Å²) in [5.41, 5.74) is 4.23. The van der Waals surface area contributed by atoms with E-state index in [4.69, 9.17) is 0 Å². The molecule has 4 rings (SSSR count). The highest BCUT2D eigenvalue weighted by Gasteiger charge is 2.36. The van der Waals surface area contributed by atoms with Gasteiger partial charge in [0.2, 0.25) is 0 Å². The van der Waals surface area contributed by atoms with Crippen LogP contribution in [0.1, 0.15) is 37.1 Å². The van der Waals surface area contributed by atoms with E-state index in [9.17, 15) is 5.11 Å². The van der Waals surface area contributed by atoms with Crippen LogP contribution < -0.4 is 0 Å². The lowest BCUT2D eigenvalue weighted by molar-refractivity contribution is 0.0289. The highest BCUT2D eigenvalue weighted by atomic mass is 16.3. The first kappa shape index (κ1) is 12.4. The molecule has 1 aromatic carbocycles. The fourth-order valence-corrected chi connectivity index (χ4v) is 4.07. The normalized spacial score (nSPS) is 28.1. The molecular formula is C17H22N2O. The molecule has 0 spiro atoms. The number of aromatic amines is 1. The van der Waals surface area contributed by atoms with Crippen molar-refractivity contribution in [1.82, 2.24) is 9.88 Å². The molecule has 1 fully saturated rings. The van der Waals surface area contributed by atoms with Crippen molar-refractivity contribution in [3.63, 3.8) is 0 Å². The fourth-order valence-electron chi connectivity index (χ4n) is 4.07. The van der Waals surface area contributed by atoms with E-state index < -0.39 is 0 Å². The Morgan fingerprint density at radius 3 is 3.00 bits per heavy atom.